The van der Waals surface area contributed by atoms with Gasteiger partial charge >= 0.3 is 0 Å². The molecule has 0 amide bonds. The topological polar surface area (TPSA) is 24.5 Å². The van der Waals surface area contributed by atoms with Crippen LogP contribution in [0.1, 0.15) is 40.5 Å². The highest BCUT2D eigenvalue weighted by Gasteiger charge is 2.28. The first kappa shape index (κ1) is 15.9. The number of hydrogen-bond acceptors (Lipinski definition) is 3. The highest BCUT2D eigenvalue weighted by molar-refractivity contribution is 4.83. The molecule has 0 aromatic carbocycles. The molecular weight excluding hydrogens is 224 g/mol. The molecule has 1 saturated heterocycles. The second-order valence-corrected chi connectivity index (χ2v) is 6.84. The molecule has 3 heteroatoms. The van der Waals surface area contributed by atoms with E-state index in [-0.39, 0.29) is 0 Å². The average Bonchev–Trinajstić information content (AvgIpc) is 2.30. The van der Waals surface area contributed by atoms with Crippen molar-refractivity contribution in [3.05, 3.63) is 0 Å². The number of likely N-dealkylation sites (tertiary alicyclic amines) is 1. The van der Waals surface area contributed by atoms with E-state index in [1.807, 2.05) is 7.11 Å². The van der Waals surface area contributed by atoms with Crippen LogP contribution >= 0.6 is 0 Å². The number of methoxy groups -OCH3 is 1. The second kappa shape index (κ2) is 6.88. The number of nitrogens with one attached hydrogen (secondary N) is 1. The fourth-order valence-corrected chi connectivity index (χ4v) is 2.93. The summed E-state index contributed by atoms with van der Waals surface area (Å²) in [6, 6.07) is 0.581. The molecule has 1 N–H and O–H groups in total. The first-order chi connectivity index (χ1) is 8.38. The maximum Gasteiger partial charge on any atom is 0.0724 e. The fourth-order valence-electron chi connectivity index (χ4n) is 2.93. The molecule has 1 rings (SSSR count). The molecule has 0 aromatic heterocycles. The van der Waals surface area contributed by atoms with Crippen molar-refractivity contribution >= 4 is 0 Å². The molecule has 1 fully saturated rings. The van der Waals surface area contributed by atoms with Crippen molar-refractivity contribution in [2.75, 3.05) is 33.8 Å². The quantitative estimate of drug-likeness (QED) is 0.817. The molecule has 0 aliphatic carbocycles. The molecule has 1 aliphatic heterocycles. The van der Waals surface area contributed by atoms with Crippen LogP contribution in [0.15, 0.2) is 0 Å². The minimum Gasteiger partial charge on any atom is -0.380 e. The van der Waals surface area contributed by atoms with E-state index in [4.69, 9.17) is 4.74 Å². The third-order valence-corrected chi connectivity index (χ3v) is 4.40. The first-order valence-electron chi connectivity index (χ1n) is 7.31. The molecular formula is C15H32N2O. The van der Waals surface area contributed by atoms with E-state index in [9.17, 15) is 0 Å². The Hall–Kier alpha value is -0.120. The van der Waals surface area contributed by atoms with Gasteiger partial charge in [0.05, 0.1) is 6.10 Å². The van der Waals surface area contributed by atoms with Crippen LogP contribution in [-0.2, 0) is 4.74 Å². The van der Waals surface area contributed by atoms with E-state index < -0.39 is 0 Å². The van der Waals surface area contributed by atoms with E-state index in [2.05, 4.69) is 45.0 Å². The van der Waals surface area contributed by atoms with Crippen molar-refractivity contribution in [3.63, 3.8) is 0 Å². The Labute approximate surface area is 113 Å². The zero-order chi connectivity index (χ0) is 13.8. The molecule has 0 spiro atoms. The lowest BCUT2D eigenvalue weighted by atomic mass is 9.84. The number of nitrogens with zero attached hydrogens (tertiary/aromatic N) is 1. The smallest absolute Gasteiger partial charge is 0.0724 e. The van der Waals surface area contributed by atoms with Crippen LogP contribution in [-0.4, -0.2) is 50.8 Å². The number of ether oxygens (including phenoxy) is 1. The predicted octanol–water partition coefficient (Wildman–Crippen LogP) is 2.37. The Morgan fingerprint density at radius 1 is 1.39 bits per heavy atom. The Bertz CT molecular complexity index is 237. The van der Waals surface area contributed by atoms with Crippen LogP contribution in [0.3, 0.4) is 0 Å². The third-order valence-electron chi connectivity index (χ3n) is 4.40. The van der Waals surface area contributed by atoms with Crippen molar-refractivity contribution in [3.8, 4) is 0 Å². The molecule has 1 aliphatic rings. The molecule has 3 unspecified atom stereocenters. The van der Waals surface area contributed by atoms with Gasteiger partial charge in [0.2, 0.25) is 0 Å². The maximum atomic E-state index is 5.58. The van der Waals surface area contributed by atoms with E-state index >= 15 is 0 Å². The van der Waals surface area contributed by atoms with Gasteiger partial charge in [0.15, 0.2) is 0 Å². The zero-order valence-corrected chi connectivity index (χ0v) is 13.1. The third kappa shape index (κ3) is 4.52. The van der Waals surface area contributed by atoms with Gasteiger partial charge in [0.25, 0.3) is 0 Å². The van der Waals surface area contributed by atoms with Crippen LogP contribution in [0.25, 0.3) is 0 Å². The van der Waals surface area contributed by atoms with Gasteiger partial charge in [0.1, 0.15) is 0 Å². The largest absolute Gasteiger partial charge is 0.380 e. The molecule has 0 aromatic rings. The minimum absolute atomic E-state index is 0.332. The Kier molecular flexibility index (Phi) is 6.09. The SMILES string of the molecule is CNC(CCN1CCC(C)C(OC)C1)C(C)(C)C. The van der Waals surface area contributed by atoms with Crippen molar-refractivity contribution in [2.24, 2.45) is 11.3 Å². The predicted molar refractivity (Wildman–Crippen MR) is 77.9 cm³/mol. The van der Waals surface area contributed by atoms with Crippen LogP contribution in [0.2, 0.25) is 0 Å². The van der Waals surface area contributed by atoms with Crippen molar-refractivity contribution in [2.45, 2.75) is 52.7 Å². The van der Waals surface area contributed by atoms with Gasteiger partial charge in [-0.3, -0.25) is 0 Å². The van der Waals surface area contributed by atoms with Gasteiger partial charge in [-0.25, -0.2) is 0 Å². The van der Waals surface area contributed by atoms with E-state index in [1.54, 1.807) is 0 Å². The first-order valence-corrected chi connectivity index (χ1v) is 7.31. The lowest BCUT2D eigenvalue weighted by molar-refractivity contribution is -0.00670. The lowest BCUT2D eigenvalue weighted by Gasteiger charge is -2.38. The Morgan fingerprint density at radius 3 is 2.56 bits per heavy atom. The summed E-state index contributed by atoms with van der Waals surface area (Å²) in [7, 11) is 3.92. The monoisotopic (exact) mass is 256 g/mol. The number of piperidine rings is 1. The normalized spacial score (nSPS) is 28.3. The minimum atomic E-state index is 0.332. The summed E-state index contributed by atoms with van der Waals surface area (Å²) in [5.41, 5.74) is 0.332. The van der Waals surface area contributed by atoms with Gasteiger partial charge < -0.3 is 15.0 Å². The van der Waals surface area contributed by atoms with Crippen molar-refractivity contribution < 1.29 is 4.74 Å². The highest BCUT2D eigenvalue weighted by atomic mass is 16.5. The summed E-state index contributed by atoms with van der Waals surface area (Å²) in [5, 5.41) is 3.46. The van der Waals surface area contributed by atoms with Gasteiger partial charge in [-0.15, -0.1) is 0 Å². The van der Waals surface area contributed by atoms with E-state index in [0.29, 0.717) is 23.5 Å². The molecule has 18 heavy (non-hydrogen) atoms. The van der Waals surface area contributed by atoms with Crippen molar-refractivity contribution in [1.29, 1.82) is 0 Å². The summed E-state index contributed by atoms with van der Waals surface area (Å²) in [5.74, 6) is 0.703. The van der Waals surface area contributed by atoms with Gasteiger partial charge in [0, 0.05) is 19.7 Å². The van der Waals surface area contributed by atoms with Gasteiger partial charge in [-0.2, -0.15) is 0 Å². The van der Waals surface area contributed by atoms with Crippen LogP contribution < -0.4 is 5.32 Å². The maximum absolute atomic E-state index is 5.58. The number of hydrogen-bond donors (Lipinski definition) is 1. The Morgan fingerprint density at radius 2 is 2.06 bits per heavy atom. The summed E-state index contributed by atoms with van der Waals surface area (Å²) in [6.45, 7) is 12.7. The molecule has 0 saturated carbocycles. The highest BCUT2D eigenvalue weighted by Crippen LogP contribution is 2.24. The molecule has 0 bridgehead atoms. The van der Waals surface area contributed by atoms with Gasteiger partial charge in [-0.05, 0) is 44.3 Å². The van der Waals surface area contributed by atoms with E-state index in [0.717, 1.165) is 6.54 Å². The number of rotatable bonds is 5. The molecule has 0 radical (unpaired) electrons. The lowest BCUT2D eigenvalue weighted by Crippen LogP contribution is -2.46. The van der Waals surface area contributed by atoms with Crippen LogP contribution in [0.5, 0.6) is 0 Å². The van der Waals surface area contributed by atoms with Crippen LogP contribution in [0.4, 0.5) is 0 Å². The summed E-state index contributed by atoms with van der Waals surface area (Å²) in [4.78, 5) is 2.56. The summed E-state index contributed by atoms with van der Waals surface area (Å²) < 4.78 is 5.58. The standard InChI is InChI=1S/C15H32N2O/c1-12-7-9-17(11-13(12)18-6)10-8-14(16-5)15(2,3)4/h12-14,16H,7-11H2,1-6H3. The molecule has 108 valence electrons. The van der Waals surface area contributed by atoms with Gasteiger partial charge in [-0.1, -0.05) is 27.7 Å². The van der Waals surface area contributed by atoms with Crippen LogP contribution in [0, 0.1) is 11.3 Å². The Balaban J connectivity index is 2.39. The summed E-state index contributed by atoms with van der Waals surface area (Å²) >= 11 is 0. The van der Waals surface area contributed by atoms with E-state index in [1.165, 1.54) is 25.9 Å². The molecule has 1 heterocycles. The molecule has 3 atom stereocenters. The molecule has 3 nitrogen and oxygen atoms in total. The van der Waals surface area contributed by atoms with Crippen molar-refractivity contribution in [1.82, 2.24) is 10.2 Å². The second-order valence-electron chi connectivity index (χ2n) is 6.84. The summed E-state index contributed by atoms with van der Waals surface area (Å²) in [6.07, 6.45) is 2.89. The zero-order valence-electron chi connectivity index (χ0n) is 13.1. The fraction of sp³-hybridized carbons (Fsp3) is 1.00. The average molecular weight is 256 g/mol.